The minimum absolute atomic E-state index is 0.564. The minimum Gasteiger partial charge on any atom is -0.345 e. The van der Waals surface area contributed by atoms with E-state index in [1.807, 2.05) is 6.20 Å². The van der Waals surface area contributed by atoms with Crippen molar-refractivity contribution < 1.29 is 0 Å². The predicted octanol–water partition coefficient (Wildman–Crippen LogP) is 1.50. The first-order valence-corrected chi connectivity index (χ1v) is 5.34. The van der Waals surface area contributed by atoms with Gasteiger partial charge in [-0.3, -0.25) is 4.68 Å². The van der Waals surface area contributed by atoms with Crippen molar-refractivity contribution in [1.82, 2.24) is 14.6 Å². The van der Waals surface area contributed by atoms with Gasteiger partial charge >= 0.3 is 0 Å². The lowest BCUT2D eigenvalue weighted by Crippen LogP contribution is -2.38. The van der Waals surface area contributed by atoms with Crippen molar-refractivity contribution in [3.05, 3.63) is 18.0 Å². The summed E-state index contributed by atoms with van der Waals surface area (Å²) in [4.78, 5) is 2.38. The van der Waals surface area contributed by atoms with Crippen LogP contribution in [0.1, 0.15) is 24.4 Å². The smallest absolute Gasteiger partial charge is 0.205 e. The van der Waals surface area contributed by atoms with Crippen LogP contribution in [-0.4, -0.2) is 35.1 Å². The molecule has 75 valence electrons. The summed E-state index contributed by atoms with van der Waals surface area (Å²) in [5.41, 5.74) is 1.25. The van der Waals surface area contributed by atoms with Gasteiger partial charge in [0, 0.05) is 12.7 Å². The summed E-state index contributed by atoms with van der Waals surface area (Å²) >= 11 is 0. The van der Waals surface area contributed by atoms with Crippen LogP contribution < -0.4 is 0 Å². The van der Waals surface area contributed by atoms with Crippen LogP contribution in [0.4, 0.5) is 0 Å². The first kappa shape index (κ1) is 9.78. The molecule has 1 unspecified atom stereocenters. The lowest BCUT2D eigenvalue weighted by molar-refractivity contribution is 0.258. The molecule has 0 spiro atoms. The van der Waals surface area contributed by atoms with Crippen molar-refractivity contribution in [1.29, 1.82) is 0 Å². The topological polar surface area (TPSA) is 21.1 Å². The molecule has 2 rings (SSSR count). The monoisotopic (exact) mass is 190 g/mol. The molecule has 3 nitrogen and oxygen atoms in total. The number of piperidine rings is 1. The van der Waals surface area contributed by atoms with E-state index in [1.54, 1.807) is 0 Å². The minimum atomic E-state index is 0.564. The van der Waals surface area contributed by atoms with E-state index in [-0.39, 0.29) is 0 Å². The molecule has 0 amide bonds. The van der Waals surface area contributed by atoms with Crippen molar-refractivity contribution >= 4 is 7.41 Å². The first-order chi connectivity index (χ1) is 6.79. The number of rotatable bonds is 2. The number of aryl methyl sites for hydroxylation is 1. The highest BCUT2D eigenvalue weighted by molar-refractivity contribution is 6.29. The molecule has 1 aromatic rings. The lowest BCUT2D eigenvalue weighted by Gasteiger charge is -2.31. The maximum atomic E-state index is 4.38. The largest absolute Gasteiger partial charge is 0.345 e. The zero-order valence-electron chi connectivity index (χ0n) is 8.98. The second kappa shape index (κ2) is 4.17. The molecule has 2 heterocycles. The predicted molar refractivity (Wildman–Crippen MR) is 58.4 cm³/mol. The van der Waals surface area contributed by atoms with Crippen molar-refractivity contribution in [2.45, 2.75) is 32.6 Å². The van der Waals surface area contributed by atoms with E-state index in [4.69, 9.17) is 0 Å². The molecule has 0 N–H and O–H groups in total. The van der Waals surface area contributed by atoms with Crippen LogP contribution >= 0.6 is 0 Å². The zero-order valence-corrected chi connectivity index (χ0v) is 8.98. The third kappa shape index (κ3) is 2.00. The van der Waals surface area contributed by atoms with Crippen molar-refractivity contribution in [3.8, 4) is 0 Å². The molecule has 1 aliphatic heterocycles. The normalized spacial score (nSPS) is 23.7. The SMILES string of the molecule is C[B]N1CCCC(n2cc(C)cn2)C1. The fraction of sp³-hybridized carbons (Fsp3) is 0.700. The first-order valence-electron chi connectivity index (χ1n) is 5.34. The van der Waals surface area contributed by atoms with Crippen LogP contribution in [0.25, 0.3) is 0 Å². The standard InChI is InChI=1S/C10H17BN3/c1-9-6-12-14(7-9)10-4-3-5-13(8-10)11-2/h6-7,10H,3-5,8H2,1-2H3. The quantitative estimate of drug-likeness (QED) is 0.659. The van der Waals surface area contributed by atoms with E-state index < -0.39 is 0 Å². The van der Waals surface area contributed by atoms with Gasteiger partial charge in [0.2, 0.25) is 7.41 Å². The number of aromatic nitrogens is 2. The maximum Gasteiger partial charge on any atom is 0.205 e. The van der Waals surface area contributed by atoms with Crippen LogP contribution in [0.2, 0.25) is 6.82 Å². The van der Waals surface area contributed by atoms with Gasteiger partial charge in [0.05, 0.1) is 12.2 Å². The van der Waals surface area contributed by atoms with Crippen LogP contribution in [0.3, 0.4) is 0 Å². The number of hydrogen-bond donors (Lipinski definition) is 0. The highest BCUT2D eigenvalue weighted by Gasteiger charge is 2.20. The Kier molecular flexibility index (Phi) is 2.92. The van der Waals surface area contributed by atoms with Crippen LogP contribution in [-0.2, 0) is 0 Å². The van der Waals surface area contributed by atoms with Gasteiger partial charge in [-0.15, -0.1) is 0 Å². The van der Waals surface area contributed by atoms with E-state index in [0.717, 1.165) is 6.54 Å². The molecule has 0 aromatic carbocycles. The van der Waals surface area contributed by atoms with Crippen molar-refractivity contribution in [3.63, 3.8) is 0 Å². The molecule has 1 aliphatic rings. The molecular weight excluding hydrogens is 173 g/mol. The molecular formula is C10H17BN3. The summed E-state index contributed by atoms with van der Waals surface area (Å²) in [6.45, 7) is 6.51. The molecule has 1 saturated heterocycles. The Balaban J connectivity index is 2.04. The number of nitrogens with zero attached hydrogens (tertiary/aromatic N) is 3. The maximum absolute atomic E-state index is 4.38. The second-order valence-corrected chi connectivity index (χ2v) is 4.05. The average molecular weight is 190 g/mol. The van der Waals surface area contributed by atoms with Crippen molar-refractivity contribution in [2.24, 2.45) is 0 Å². The fourth-order valence-corrected chi connectivity index (χ4v) is 2.07. The summed E-state index contributed by atoms with van der Waals surface area (Å²) in [6, 6.07) is 0.564. The van der Waals surface area contributed by atoms with Gasteiger partial charge in [-0.05, 0) is 31.9 Å². The van der Waals surface area contributed by atoms with E-state index in [1.165, 1.54) is 24.9 Å². The average Bonchev–Trinajstić information content (AvgIpc) is 2.65. The molecule has 1 aromatic heterocycles. The lowest BCUT2D eigenvalue weighted by atomic mass is 9.90. The summed E-state index contributed by atoms with van der Waals surface area (Å²) < 4.78 is 2.12. The van der Waals surface area contributed by atoms with Gasteiger partial charge in [0.25, 0.3) is 0 Å². The van der Waals surface area contributed by atoms with E-state index in [2.05, 4.69) is 41.9 Å². The van der Waals surface area contributed by atoms with Crippen LogP contribution in [0.5, 0.6) is 0 Å². The van der Waals surface area contributed by atoms with Crippen LogP contribution in [0.15, 0.2) is 12.4 Å². The molecule has 1 radical (unpaired) electrons. The Hall–Kier alpha value is -0.765. The van der Waals surface area contributed by atoms with E-state index in [0.29, 0.717) is 6.04 Å². The Morgan fingerprint density at radius 2 is 2.43 bits per heavy atom. The molecule has 14 heavy (non-hydrogen) atoms. The molecule has 0 aliphatic carbocycles. The Bertz CT molecular complexity index is 297. The van der Waals surface area contributed by atoms with Gasteiger partial charge in [-0.25, -0.2) is 0 Å². The fourth-order valence-electron chi connectivity index (χ4n) is 2.07. The summed E-state index contributed by atoms with van der Waals surface area (Å²) in [6.07, 6.45) is 6.61. The van der Waals surface area contributed by atoms with E-state index in [9.17, 15) is 0 Å². The Labute approximate surface area is 86.4 Å². The van der Waals surface area contributed by atoms with Crippen molar-refractivity contribution in [2.75, 3.05) is 13.1 Å². The molecule has 4 heteroatoms. The third-order valence-electron chi connectivity index (χ3n) is 2.90. The second-order valence-electron chi connectivity index (χ2n) is 4.05. The number of hydrogen-bond acceptors (Lipinski definition) is 2. The highest BCUT2D eigenvalue weighted by atomic mass is 15.3. The van der Waals surface area contributed by atoms with Gasteiger partial charge in [-0.1, -0.05) is 6.82 Å². The zero-order chi connectivity index (χ0) is 9.97. The summed E-state index contributed by atoms with van der Waals surface area (Å²) in [5.74, 6) is 0. The van der Waals surface area contributed by atoms with Gasteiger partial charge in [-0.2, -0.15) is 5.10 Å². The summed E-state index contributed by atoms with van der Waals surface area (Å²) in [7, 11) is 2.18. The van der Waals surface area contributed by atoms with Gasteiger partial charge in [0.15, 0.2) is 0 Å². The molecule has 1 fully saturated rings. The van der Waals surface area contributed by atoms with E-state index >= 15 is 0 Å². The third-order valence-corrected chi connectivity index (χ3v) is 2.90. The highest BCUT2D eigenvalue weighted by Crippen LogP contribution is 2.20. The molecule has 0 bridgehead atoms. The van der Waals surface area contributed by atoms with Gasteiger partial charge in [0.1, 0.15) is 0 Å². The Morgan fingerprint density at radius 3 is 3.07 bits per heavy atom. The molecule has 0 saturated carbocycles. The van der Waals surface area contributed by atoms with Crippen LogP contribution in [0, 0.1) is 6.92 Å². The molecule has 1 atom stereocenters. The Morgan fingerprint density at radius 1 is 1.57 bits per heavy atom. The summed E-state index contributed by atoms with van der Waals surface area (Å²) in [5, 5.41) is 4.38. The van der Waals surface area contributed by atoms with Gasteiger partial charge < -0.3 is 4.81 Å².